The Labute approximate surface area is 103 Å². The molecule has 6 nitrogen and oxygen atoms in total. The van der Waals surface area contributed by atoms with E-state index in [-0.39, 0.29) is 0 Å². The summed E-state index contributed by atoms with van der Waals surface area (Å²) in [6, 6.07) is 10.6. The summed E-state index contributed by atoms with van der Waals surface area (Å²) < 4.78 is 0. The fraction of sp³-hybridized carbons (Fsp3) is 0. The Morgan fingerprint density at radius 3 is 1.61 bits per heavy atom. The van der Waals surface area contributed by atoms with E-state index in [1.54, 1.807) is 36.4 Å². The van der Waals surface area contributed by atoms with Gasteiger partial charge in [0, 0.05) is 0 Å². The van der Waals surface area contributed by atoms with Crippen molar-refractivity contribution < 1.29 is 10.4 Å². The van der Waals surface area contributed by atoms with Crippen molar-refractivity contribution >= 4 is 12.4 Å². The predicted molar refractivity (Wildman–Crippen MR) is 66.2 cm³/mol. The third-order valence-corrected chi connectivity index (χ3v) is 2.18. The summed E-state index contributed by atoms with van der Waals surface area (Å²) in [5, 5.41) is 22.8. The van der Waals surface area contributed by atoms with Crippen molar-refractivity contribution in [3.63, 3.8) is 0 Å². The molecule has 0 aliphatic rings. The van der Waals surface area contributed by atoms with Crippen LogP contribution in [0.1, 0.15) is 11.4 Å². The summed E-state index contributed by atoms with van der Waals surface area (Å²) in [6.45, 7) is 0. The van der Waals surface area contributed by atoms with Gasteiger partial charge >= 0.3 is 0 Å². The highest BCUT2D eigenvalue weighted by atomic mass is 16.4. The van der Waals surface area contributed by atoms with Gasteiger partial charge in [0.25, 0.3) is 0 Å². The fourth-order valence-corrected chi connectivity index (χ4v) is 1.45. The minimum absolute atomic E-state index is 0.526. The summed E-state index contributed by atoms with van der Waals surface area (Å²) in [6.07, 6.45) is 2.48. The lowest BCUT2D eigenvalue weighted by Crippen LogP contribution is -1.95. The van der Waals surface area contributed by atoms with Crippen LogP contribution in [0.3, 0.4) is 0 Å². The first-order chi connectivity index (χ1) is 8.83. The van der Waals surface area contributed by atoms with E-state index in [0.29, 0.717) is 22.8 Å². The van der Waals surface area contributed by atoms with E-state index < -0.39 is 0 Å². The first-order valence-electron chi connectivity index (χ1n) is 5.13. The molecule has 0 amide bonds. The van der Waals surface area contributed by atoms with Gasteiger partial charge in [-0.1, -0.05) is 22.4 Å². The molecule has 0 unspecified atom stereocenters. The minimum Gasteiger partial charge on any atom is -0.411 e. The van der Waals surface area contributed by atoms with Gasteiger partial charge in [0.05, 0.1) is 35.2 Å². The number of aromatic nitrogens is 2. The summed E-state index contributed by atoms with van der Waals surface area (Å²) in [5.74, 6) is 0. The Bertz CT molecular complexity index is 543. The predicted octanol–water partition coefficient (Wildman–Crippen LogP) is 1.76. The Balaban J connectivity index is 2.41. The molecule has 0 aliphatic heterocycles. The number of rotatable bonds is 3. The summed E-state index contributed by atoms with van der Waals surface area (Å²) in [5.41, 5.74) is 2.33. The second-order valence-corrected chi connectivity index (χ2v) is 3.38. The van der Waals surface area contributed by atoms with Crippen LogP contribution in [0, 0.1) is 0 Å². The van der Waals surface area contributed by atoms with Gasteiger partial charge < -0.3 is 10.4 Å². The van der Waals surface area contributed by atoms with Crippen molar-refractivity contribution in [2.75, 3.05) is 0 Å². The monoisotopic (exact) mass is 242 g/mol. The van der Waals surface area contributed by atoms with Crippen molar-refractivity contribution in [3.8, 4) is 11.4 Å². The molecule has 2 rings (SSSR count). The molecule has 0 fully saturated rings. The van der Waals surface area contributed by atoms with Gasteiger partial charge in [-0.3, -0.25) is 0 Å². The smallest absolute Gasteiger partial charge is 0.0918 e. The number of nitrogens with zero attached hydrogens (tertiary/aromatic N) is 4. The first kappa shape index (κ1) is 11.7. The van der Waals surface area contributed by atoms with E-state index >= 15 is 0 Å². The number of hydrogen-bond acceptors (Lipinski definition) is 6. The Morgan fingerprint density at radius 1 is 0.778 bits per heavy atom. The zero-order chi connectivity index (χ0) is 12.8. The molecule has 0 aliphatic carbocycles. The van der Waals surface area contributed by atoms with Crippen LogP contribution >= 0.6 is 0 Å². The van der Waals surface area contributed by atoms with Crippen LogP contribution in [0.25, 0.3) is 11.4 Å². The minimum atomic E-state index is 0.526. The van der Waals surface area contributed by atoms with Gasteiger partial charge in [0.2, 0.25) is 0 Å². The van der Waals surface area contributed by atoms with Gasteiger partial charge in [-0.05, 0) is 24.3 Å². The maximum Gasteiger partial charge on any atom is 0.0918 e. The average molecular weight is 242 g/mol. The van der Waals surface area contributed by atoms with E-state index in [4.69, 9.17) is 10.4 Å². The van der Waals surface area contributed by atoms with E-state index in [2.05, 4.69) is 20.3 Å². The van der Waals surface area contributed by atoms with Crippen LogP contribution in [0.5, 0.6) is 0 Å². The van der Waals surface area contributed by atoms with Gasteiger partial charge in [0.15, 0.2) is 0 Å². The highest BCUT2D eigenvalue weighted by Crippen LogP contribution is 2.14. The molecule has 0 saturated carbocycles. The zero-order valence-electron chi connectivity index (χ0n) is 9.30. The number of oxime groups is 2. The molecule has 2 heterocycles. The van der Waals surface area contributed by atoms with Gasteiger partial charge in [0.1, 0.15) is 0 Å². The van der Waals surface area contributed by atoms with Crippen molar-refractivity contribution in [2.24, 2.45) is 10.3 Å². The quantitative estimate of drug-likeness (QED) is 0.487. The Morgan fingerprint density at radius 2 is 1.22 bits per heavy atom. The topological polar surface area (TPSA) is 91.0 Å². The van der Waals surface area contributed by atoms with Crippen LogP contribution < -0.4 is 0 Å². The van der Waals surface area contributed by atoms with Crippen LogP contribution in [0.4, 0.5) is 0 Å². The van der Waals surface area contributed by atoms with Crippen molar-refractivity contribution in [1.29, 1.82) is 0 Å². The molecule has 2 aromatic heterocycles. The zero-order valence-corrected chi connectivity index (χ0v) is 9.30. The first-order valence-corrected chi connectivity index (χ1v) is 5.13. The van der Waals surface area contributed by atoms with Gasteiger partial charge in [-0.25, -0.2) is 9.97 Å². The standard InChI is InChI=1S/C12H10N4O2/c17-13-7-9-3-1-5-11(15-9)12-6-2-4-10(16-12)8-14-18/h1-8,17-18H/b13-7-,14-8-. The van der Waals surface area contributed by atoms with Crippen molar-refractivity contribution in [3.05, 3.63) is 47.8 Å². The maximum absolute atomic E-state index is 8.46. The van der Waals surface area contributed by atoms with E-state index in [1.807, 2.05) is 0 Å². The van der Waals surface area contributed by atoms with E-state index in [0.717, 1.165) is 0 Å². The SMILES string of the molecule is O/N=C\c1cccc(-c2cccc(/C=N\O)n2)n1. The molecule has 0 aromatic carbocycles. The average Bonchev–Trinajstić information content (AvgIpc) is 2.40. The van der Waals surface area contributed by atoms with Crippen LogP contribution in [-0.2, 0) is 0 Å². The second-order valence-electron chi connectivity index (χ2n) is 3.38. The molecule has 6 heteroatoms. The third kappa shape index (κ3) is 2.67. The third-order valence-electron chi connectivity index (χ3n) is 2.18. The Kier molecular flexibility index (Phi) is 3.60. The van der Waals surface area contributed by atoms with Crippen molar-refractivity contribution in [1.82, 2.24) is 9.97 Å². The molecule has 0 saturated heterocycles. The highest BCUT2D eigenvalue weighted by molar-refractivity contribution is 5.79. The molecular formula is C12H10N4O2. The summed E-state index contributed by atoms with van der Waals surface area (Å²) >= 11 is 0. The van der Waals surface area contributed by atoms with E-state index in [1.165, 1.54) is 12.4 Å². The van der Waals surface area contributed by atoms with E-state index in [9.17, 15) is 0 Å². The largest absolute Gasteiger partial charge is 0.411 e. The van der Waals surface area contributed by atoms with Crippen LogP contribution in [-0.4, -0.2) is 32.8 Å². The molecule has 2 N–H and O–H groups in total. The molecule has 0 radical (unpaired) electrons. The molecule has 2 aromatic rings. The number of pyridine rings is 2. The van der Waals surface area contributed by atoms with Crippen LogP contribution in [0.15, 0.2) is 46.7 Å². The normalized spacial score (nSPS) is 11.3. The number of hydrogen-bond donors (Lipinski definition) is 2. The lowest BCUT2D eigenvalue weighted by Gasteiger charge is -2.01. The molecule has 0 spiro atoms. The lowest BCUT2D eigenvalue weighted by atomic mass is 10.2. The van der Waals surface area contributed by atoms with Gasteiger partial charge in [-0.2, -0.15) is 0 Å². The fourth-order valence-electron chi connectivity index (χ4n) is 1.45. The van der Waals surface area contributed by atoms with Gasteiger partial charge in [-0.15, -0.1) is 0 Å². The lowest BCUT2D eigenvalue weighted by molar-refractivity contribution is 0.321. The summed E-state index contributed by atoms with van der Waals surface area (Å²) in [7, 11) is 0. The maximum atomic E-state index is 8.46. The Hall–Kier alpha value is -2.76. The van der Waals surface area contributed by atoms with Crippen LogP contribution in [0.2, 0.25) is 0 Å². The van der Waals surface area contributed by atoms with Crippen molar-refractivity contribution in [2.45, 2.75) is 0 Å². The molecular weight excluding hydrogens is 232 g/mol. The molecule has 90 valence electrons. The molecule has 0 atom stereocenters. The molecule has 18 heavy (non-hydrogen) atoms. The summed E-state index contributed by atoms with van der Waals surface area (Å²) in [4.78, 5) is 8.51. The highest BCUT2D eigenvalue weighted by Gasteiger charge is 2.02. The second kappa shape index (κ2) is 5.53. The molecule has 0 bridgehead atoms.